The molecule has 0 heterocycles. The Labute approximate surface area is 204 Å². The van der Waals surface area contributed by atoms with Gasteiger partial charge in [-0.05, 0) is 73.0 Å². The van der Waals surface area contributed by atoms with Crippen LogP contribution in [-0.4, -0.2) is 37.9 Å². The van der Waals surface area contributed by atoms with Gasteiger partial charge in [-0.15, -0.1) is 13.2 Å². The monoisotopic (exact) mass is 522 g/mol. The number of amides is 1. The molecule has 1 aliphatic carbocycles. The number of aromatic hydroxyl groups is 2. The number of ether oxygens (including phenoxy) is 1. The molecule has 1 saturated carbocycles. The molecule has 190 valence electrons. The number of phenols is 2. The fraction of sp³-hybridized carbons (Fsp3) is 0.208. The molecule has 0 unspecified atom stereocenters. The van der Waals surface area contributed by atoms with E-state index in [0.29, 0.717) is 29.5 Å². The summed E-state index contributed by atoms with van der Waals surface area (Å²) in [7, 11) is -2.41. The van der Waals surface area contributed by atoms with Crippen molar-refractivity contribution in [2.24, 2.45) is 0 Å². The molecule has 1 amide bonds. The predicted molar refractivity (Wildman–Crippen MR) is 124 cm³/mol. The number of hydrogen-bond donors (Lipinski definition) is 4. The van der Waals surface area contributed by atoms with E-state index in [4.69, 9.17) is 0 Å². The van der Waals surface area contributed by atoms with Crippen molar-refractivity contribution in [3.8, 4) is 28.4 Å². The van der Waals surface area contributed by atoms with Gasteiger partial charge >= 0.3 is 6.36 Å². The third kappa shape index (κ3) is 5.09. The van der Waals surface area contributed by atoms with Gasteiger partial charge in [0.2, 0.25) is 15.9 Å². The summed E-state index contributed by atoms with van der Waals surface area (Å²) in [6.07, 6.45) is -4.23. The molecule has 12 heteroatoms. The van der Waals surface area contributed by atoms with E-state index in [-0.39, 0.29) is 16.3 Å². The van der Waals surface area contributed by atoms with Crippen molar-refractivity contribution in [3.63, 3.8) is 0 Å². The first-order valence-electron chi connectivity index (χ1n) is 10.6. The molecule has 0 spiro atoms. The van der Waals surface area contributed by atoms with Gasteiger partial charge < -0.3 is 20.3 Å². The standard InChI is InChI=1S/C24H21F3N2O6S/c1-28-36(33,34)17-6-2-14(3-7-17)15-4-9-21(35-24(25,26)27)18(12-15)29-22(32)23(10-11-23)16-5-8-19(30)20(31)13-16/h2-9,12-13,28,30-31H,10-11H2,1H3,(H,29,32). The third-order valence-corrected chi connectivity index (χ3v) is 7.36. The van der Waals surface area contributed by atoms with Gasteiger partial charge in [0.05, 0.1) is 16.0 Å². The fourth-order valence-corrected chi connectivity index (χ4v) is 4.53. The summed E-state index contributed by atoms with van der Waals surface area (Å²) in [6.45, 7) is 0. The van der Waals surface area contributed by atoms with Crippen LogP contribution in [0.1, 0.15) is 18.4 Å². The third-order valence-electron chi connectivity index (χ3n) is 5.93. The van der Waals surface area contributed by atoms with Crippen LogP contribution in [0, 0.1) is 0 Å². The smallest absolute Gasteiger partial charge is 0.504 e. The molecule has 0 aromatic heterocycles. The highest BCUT2D eigenvalue weighted by Gasteiger charge is 2.51. The Kier molecular flexibility index (Phi) is 6.35. The van der Waals surface area contributed by atoms with Crippen LogP contribution in [0.4, 0.5) is 18.9 Å². The lowest BCUT2D eigenvalue weighted by atomic mass is 9.94. The molecule has 1 fully saturated rings. The van der Waals surface area contributed by atoms with Crippen molar-refractivity contribution in [1.29, 1.82) is 0 Å². The summed E-state index contributed by atoms with van der Waals surface area (Å²) in [5.74, 6) is -2.01. The van der Waals surface area contributed by atoms with Crippen molar-refractivity contribution < 1.29 is 41.3 Å². The molecule has 0 atom stereocenters. The van der Waals surface area contributed by atoms with Crippen LogP contribution in [0.5, 0.6) is 17.2 Å². The van der Waals surface area contributed by atoms with Crippen molar-refractivity contribution >= 4 is 21.6 Å². The Morgan fingerprint density at radius 1 is 0.944 bits per heavy atom. The maximum Gasteiger partial charge on any atom is 0.573 e. The van der Waals surface area contributed by atoms with Crippen LogP contribution in [0.3, 0.4) is 0 Å². The minimum atomic E-state index is -5.01. The maximum absolute atomic E-state index is 13.2. The number of rotatable bonds is 7. The molecule has 3 aromatic carbocycles. The summed E-state index contributed by atoms with van der Waals surface area (Å²) < 4.78 is 69.2. The number of carbonyl (C=O) groups is 1. The Hall–Kier alpha value is -3.77. The lowest BCUT2D eigenvalue weighted by Crippen LogP contribution is -2.28. The van der Waals surface area contributed by atoms with Gasteiger partial charge in [-0.2, -0.15) is 0 Å². The largest absolute Gasteiger partial charge is 0.573 e. The molecule has 0 radical (unpaired) electrons. The van der Waals surface area contributed by atoms with Crippen LogP contribution < -0.4 is 14.8 Å². The number of carbonyl (C=O) groups excluding carboxylic acids is 1. The van der Waals surface area contributed by atoms with Crippen LogP contribution >= 0.6 is 0 Å². The minimum absolute atomic E-state index is 0.00660. The second-order valence-corrected chi connectivity index (χ2v) is 10.1. The van der Waals surface area contributed by atoms with Crippen LogP contribution in [0.25, 0.3) is 11.1 Å². The summed E-state index contributed by atoms with van der Waals surface area (Å²) in [5, 5.41) is 21.9. The Morgan fingerprint density at radius 3 is 2.14 bits per heavy atom. The van der Waals surface area contributed by atoms with Crippen molar-refractivity contribution in [2.75, 3.05) is 12.4 Å². The minimum Gasteiger partial charge on any atom is -0.504 e. The summed E-state index contributed by atoms with van der Waals surface area (Å²) in [4.78, 5) is 13.2. The SMILES string of the molecule is CNS(=O)(=O)c1ccc(-c2ccc(OC(F)(F)F)c(NC(=O)C3(c4ccc(O)c(O)c4)CC3)c2)cc1. The van der Waals surface area contributed by atoms with Gasteiger partial charge in [-0.3, -0.25) is 4.79 Å². The number of hydrogen-bond acceptors (Lipinski definition) is 6. The topological polar surface area (TPSA) is 125 Å². The van der Waals surface area contributed by atoms with E-state index in [1.165, 1.54) is 61.6 Å². The second kappa shape index (κ2) is 9.03. The van der Waals surface area contributed by atoms with E-state index in [2.05, 4.69) is 14.8 Å². The van der Waals surface area contributed by atoms with E-state index < -0.39 is 39.2 Å². The molecule has 3 aromatic rings. The van der Waals surface area contributed by atoms with Gasteiger partial charge in [0, 0.05) is 0 Å². The van der Waals surface area contributed by atoms with Gasteiger partial charge in [0.15, 0.2) is 17.2 Å². The average molecular weight is 523 g/mol. The van der Waals surface area contributed by atoms with Gasteiger partial charge in [0.25, 0.3) is 0 Å². The lowest BCUT2D eigenvalue weighted by Gasteiger charge is -2.19. The Morgan fingerprint density at radius 2 is 1.58 bits per heavy atom. The number of phenolic OH excluding ortho intramolecular Hbond substituents is 2. The highest BCUT2D eigenvalue weighted by Crippen LogP contribution is 2.51. The van der Waals surface area contributed by atoms with Gasteiger partial charge in [-0.25, -0.2) is 13.1 Å². The molecular formula is C24H21F3N2O6S. The van der Waals surface area contributed by atoms with Crippen molar-refractivity contribution in [2.45, 2.75) is 29.5 Å². The molecule has 0 bridgehead atoms. The molecule has 36 heavy (non-hydrogen) atoms. The van der Waals surface area contributed by atoms with E-state index in [0.717, 1.165) is 6.07 Å². The molecule has 4 rings (SSSR count). The van der Waals surface area contributed by atoms with Crippen LogP contribution in [0.2, 0.25) is 0 Å². The number of sulfonamides is 1. The van der Waals surface area contributed by atoms with Crippen LogP contribution in [0.15, 0.2) is 65.6 Å². The first-order chi connectivity index (χ1) is 16.8. The first-order valence-corrected chi connectivity index (χ1v) is 12.1. The number of benzene rings is 3. The van der Waals surface area contributed by atoms with Gasteiger partial charge in [-0.1, -0.05) is 24.3 Å². The average Bonchev–Trinajstić information content (AvgIpc) is 3.63. The molecule has 0 aliphatic heterocycles. The quantitative estimate of drug-likeness (QED) is 0.344. The summed E-state index contributed by atoms with van der Waals surface area (Å²) in [6, 6.07) is 13.3. The summed E-state index contributed by atoms with van der Waals surface area (Å²) in [5.41, 5.74) is -0.0222. The molecule has 0 saturated heterocycles. The molecular weight excluding hydrogens is 501 g/mol. The van der Waals surface area contributed by atoms with E-state index >= 15 is 0 Å². The maximum atomic E-state index is 13.2. The highest BCUT2D eigenvalue weighted by molar-refractivity contribution is 7.89. The van der Waals surface area contributed by atoms with E-state index in [1.54, 1.807) is 0 Å². The zero-order chi connectivity index (χ0) is 26.3. The number of anilines is 1. The normalized spacial score (nSPS) is 14.8. The van der Waals surface area contributed by atoms with E-state index in [1.807, 2.05) is 0 Å². The molecule has 4 N–H and O–H groups in total. The number of alkyl halides is 3. The predicted octanol–water partition coefficient (Wildman–Crippen LogP) is 4.24. The van der Waals surface area contributed by atoms with Crippen LogP contribution in [-0.2, 0) is 20.2 Å². The van der Waals surface area contributed by atoms with Crippen molar-refractivity contribution in [3.05, 3.63) is 66.2 Å². The molecule has 8 nitrogen and oxygen atoms in total. The van der Waals surface area contributed by atoms with E-state index in [9.17, 15) is 36.6 Å². The Bertz CT molecular complexity index is 1420. The number of nitrogens with one attached hydrogen (secondary N) is 2. The highest BCUT2D eigenvalue weighted by atomic mass is 32.2. The fourth-order valence-electron chi connectivity index (χ4n) is 3.80. The zero-order valence-electron chi connectivity index (χ0n) is 18.8. The first kappa shape index (κ1) is 25.3. The summed E-state index contributed by atoms with van der Waals surface area (Å²) >= 11 is 0. The zero-order valence-corrected chi connectivity index (χ0v) is 19.6. The lowest BCUT2D eigenvalue weighted by molar-refractivity contribution is -0.274. The Balaban J connectivity index is 1.68. The van der Waals surface area contributed by atoms with Crippen molar-refractivity contribution in [1.82, 2.24) is 4.72 Å². The second-order valence-electron chi connectivity index (χ2n) is 8.23. The molecule has 1 aliphatic rings. The van der Waals surface area contributed by atoms with Gasteiger partial charge in [0.1, 0.15) is 0 Å². The number of halogens is 3.